The molecule has 0 radical (unpaired) electrons. The van der Waals surface area contributed by atoms with Gasteiger partial charge in [0, 0.05) is 27.2 Å². The zero-order chi connectivity index (χ0) is 50.1. The van der Waals surface area contributed by atoms with Gasteiger partial charge in [-0.3, -0.25) is 0 Å². The van der Waals surface area contributed by atoms with E-state index in [1.807, 2.05) is 30.3 Å². The average Bonchev–Trinajstić information content (AvgIpc) is 3.35. The van der Waals surface area contributed by atoms with Crippen molar-refractivity contribution in [2.24, 2.45) is 17.3 Å². The van der Waals surface area contributed by atoms with E-state index in [0.29, 0.717) is 11.8 Å². The van der Waals surface area contributed by atoms with Gasteiger partial charge in [-0.05, 0) is 186 Å². The first kappa shape index (κ1) is 49.6. The molecule has 2 saturated carbocycles. The van der Waals surface area contributed by atoms with Crippen molar-refractivity contribution < 1.29 is 35.7 Å². The predicted octanol–water partition coefficient (Wildman–Crippen LogP) is 14.6. The minimum atomic E-state index is -0.432. The topological polar surface area (TPSA) is 142 Å². The molecule has 2 fully saturated rings. The second-order valence-electron chi connectivity index (χ2n) is 21.8. The van der Waals surface area contributed by atoms with Crippen molar-refractivity contribution in [3.8, 4) is 40.2 Å². The van der Waals surface area contributed by atoms with Crippen LogP contribution in [0.15, 0.2) is 164 Å². The summed E-state index contributed by atoms with van der Waals surface area (Å²) in [6.07, 6.45) is 8.67. The van der Waals surface area contributed by atoms with Crippen LogP contribution in [0.2, 0.25) is 0 Å². The van der Waals surface area contributed by atoms with Crippen molar-refractivity contribution in [1.82, 2.24) is 0 Å². The largest absolute Gasteiger partial charge is 0.508 e. The molecule has 364 valence electrons. The fourth-order valence-electron chi connectivity index (χ4n) is 12.2. The van der Waals surface area contributed by atoms with E-state index >= 15 is 0 Å². The van der Waals surface area contributed by atoms with Gasteiger partial charge in [-0.15, -0.1) is 0 Å². The Kier molecular flexibility index (Phi) is 13.8. The highest BCUT2D eigenvalue weighted by Crippen LogP contribution is 2.57. The monoisotopic (exact) mass is 939 g/mol. The second kappa shape index (κ2) is 19.5. The van der Waals surface area contributed by atoms with Crippen molar-refractivity contribution in [3.63, 3.8) is 0 Å². The van der Waals surface area contributed by atoms with Gasteiger partial charge in [-0.25, -0.2) is 0 Å². The number of rotatable bonds is 10. The van der Waals surface area contributed by atoms with E-state index in [4.69, 9.17) is 0 Å². The Balaban J connectivity index is 0.000000210. The number of hydrogen-bond donors (Lipinski definition) is 7. The van der Waals surface area contributed by atoms with Crippen LogP contribution in [0.1, 0.15) is 137 Å². The normalized spacial score (nSPS) is 16.5. The van der Waals surface area contributed by atoms with E-state index in [9.17, 15) is 35.7 Å². The van der Waals surface area contributed by atoms with Crippen LogP contribution in [-0.2, 0) is 21.7 Å². The fourth-order valence-corrected chi connectivity index (χ4v) is 12.2. The lowest BCUT2D eigenvalue weighted by Gasteiger charge is -2.51. The third-order valence-corrected chi connectivity index (χ3v) is 17.0. The van der Waals surface area contributed by atoms with Crippen LogP contribution in [-0.4, -0.2) is 35.7 Å². The molecule has 0 unspecified atom stereocenters. The molecule has 0 heterocycles. The van der Waals surface area contributed by atoms with Gasteiger partial charge in [-0.2, -0.15) is 0 Å². The molecule has 7 N–H and O–H groups in total. The van der Waals surface area contributed by atoms with Crippen LogP contribution in [0.25, 0.3) is 0 Å². The zero-order valence-corrected chi connectivity index (χ0v) is 41.5. The third kappa shape index (κ3) is 9.81. The lowest BCUT2D eigenvalue weighted by Crippen LogP contribution is -2.43. The summed E-state index contributed by atoms with van der Waals surface area (Å²) in [6.45, 7) is 13.4. The quantitative estimate of drug-likeness (QED) is 0.0724. The maximum atomic E-state index is 10.6. The van der Waals surface area contributed by atoms with E-state index in [1.54, 1.807) is 78.9 Å². The summed E-state index contributed by atoms with van der Waals surface area (Å²) in [5.41, 5.74) is 8.14. The van der Waals surface area contributed by atoms with Crippen LogP contribution in [0.3, 0.4) is 0 Å². The van der Waals surface area contributed by atoms with Crippen LogP contribution in [0.4, 0.5) is 0 Å². The molecule has 0 aromatic heterocycles. The van der Waals surface area contributed by atoms with Gasteiger partial charge in [0.05, 0.1) is 0 Å². The minimum absolute atomic E-state index is 0.132. The number of benzene rings is 7. The first-order valence-electron chi connectivity index (χ1n) is 24.9. The second-order valence-corrected chi connectivity index (χ2v) is 21.8. The van der Waals surface area contributed by atoms with Gasteiger partial charge < -0.3 is 35.7 Å². The van der Waals surface area contributed by atoms with Crippen LogP contribution < -0.4 is 0 Å². The Morgan fingerprint density at radius 2 is 0.586 bits per heavy atom. The molecule has 0 saturated heterocycles. The van der Waals surface area contributed by atoms with Crippen molar-refractivity contribution >= 4 is 0 Å². The smallest absolute Gasteiger partial charge is 0.119 e. The van der Waals surface area contributed by atoms with E-state index < -0.39 is 5.41 Å². The Bertz CT molecular complexity index is 2610. The SMILES string of the molecule is CC(C)(C1CCC(c2ccc(O)cc2)(c2ccc(O)cc2)CC1)C1CCC(c2ccc(O)cc2)(c2ccc(O)cc2)CC1.CC(C)(c1ccc(O)cc1)c1ccc(O)c(C(C)(C)c2ccc(O)cc2)c1. The van der Waals surface area contributed by atoms with E-state index in [2.05, 4.69) is 96.1 Å². The van der Waals surface area contributed by atoms with E-state index in [1.165, 1.54) is 22.3 Å². The molecule has 70 heavy (non-hydrogen) atoms. The van der Waals surface area contributed by atoms with Crippen LogP contribution in [0.5, 0.6) is 40.2 Å². The highest BCUT2D eigenvalue weighted by atomic mass is 16.3. The number of phenolic OH excluding ortho intramolecular Hbond substituents is 7. The minimum Gasteiger partial charge on any atom is -0.508 e. The van der Waals surface area contributed by atoms with Crippen LogP contribution in [0, 0.1) is 17.3 Å². The first-order chi connectivity index (χ1) is 33.2. The van der Waals surface area contributed by atoms with E-state index in [0.717, 1.165) is 73.6 Å². The van der Waals surface area contributed by atoms with E-state index in [-0.39, 0.29) is 61.9 Å². The summed E-state index contributed by atoms with van der Waals surface area (Å²) in [4.78, 5) is 0. The van der Waals surface area contributed by atoms with Gasteiger partial charge in [0.25, 0.3) is 0 Å². The van der Waals surface area contributed by atoms with Crippen molar-refractivity contribution in [1.29, 1.82) is 0 Å². The molecule has 7 nitrogen and oxygen atoms in total. The zero-order valence-electron chi connectivity index (χ0n) is 41.5. The van der Waals surface area contributed by atoms with Gasteiger partial charge in [0.1, 0.15) is 40.2 Å². The number of aromatic hydroxyl groups is 7. The molecular formula is C63H70O7. The molecule has 7 aromatic carbocycles. The molecule has 0 bridgehead atoms. The summed E-state index contributed by atoms with van der Waals surface area (Å²) in [5, 5.41) is 69.7. The summed E-state index contributed by atoms with van der Waals surface area (Å²) in [6, 6.07) is 51.0. The molecule has 7 heteroatoms. The Morgan fingerprint density at radius 1 is 0.329 bits per heavy atom. The summed E-state index contributed by atoms with van der Waals surface area (Å²) in [5.74, 6) is 3.07. The number of hydrogen-bond acceptors (Lipinski definition) is 7. The molecular weight excluding hydrogens is 869 g/mol. The molecule has 0 spiro atoms. The van der Waals surface area contributed by atoms with Crippen LogP contribution >= 0.6 is 0 Å². The molecule has 0 amide bonds. The molecule has 7 aromatic rings. The summed E-state index contributed by atoms with van der Waals surface area (Å²) < 4.78 is 0. The molecule has 2 aliphatic carbocycles. The predicted molar refractivity (Wildman–Crippen MR) is 280 cm³/mol. The molecule has 0 aliphatic heterocycles. The van der Waals surface area contributed by atoms with Crippen molar-refractivity contribution in [2.75, 3.05) is 0 Å². The third-order valence-electron chi connectivity index (χ3n) is 17.0. The highest BCUT2D eigenvalue weighted by Gasteiger charge is 2.48. The number of phenols is 7. The van der Waals surface area contributed by atoms with Crippen molar-refractivity contribution in [2.45, 2.75) is 115 Å². The maximum absolute atomic E-state index is 10.6. The molecule has 2 aliphatic rings. The maximum Gasteiger partial charge on any atom is 0.119 e. The van der Waals surface area contributed by atoms with Gasteiger partial charge >= 0.3 is 0 Å². The highest BCUT2D eigenvalue weighted by molar-refractivity contribution is 5.52. The molecule has 9 rings (SSSR count). The lowest BCUT2D eigenvalue weighted by atomic mass is 9.53. The molecule has 0 atom stereocenters. The lowest BCUT2D eigenvalue weighted by molar-refractivity contribution is 0.0364. The van der Waals surface area contributed by atoms with Gasteiger partial charge in [0.2, 0.25) is 0 Å². The first-order valence-corrected chi connectivity index (χ1v) is 24.9. The summed E-state index contributed by atoms with van der Waals surface area (Å²) >= 11 is 0. The Hall–Kier alpha value is -6.86. The summed E-state index contributed by atoms with van der Waals surface area (Å²) in [7, 11) is 0. The Labute approximate surface area is 414 Å². The van der Waals surface area contributed by atoms with Crippen molar-refractivity contribution in [3.05, 3.63) is 208 Å². The fraction of sp³-hybridized carbons (Fsp3) is 0.333. The van der Waals surface area contributed by atoms with Gasteiger partial charge in [0.15, 0.2) is 0 Å². The standard InChI is InChI=1S/C39H44O4.C24H26O3/c1-37(2,27-19-23-38(24-20-27,29-3-11-33(40)12-4-29)30-5-13-34(41)14-6-30)28-21-25-39(26-22-28,31-7-15-35(42)16-8-31)32-9-17-36(43)18-10-32;1-23(2,16-5-10-19(25)11-6-16)18-9-14-22(27)21(15-18)24(3,4)17-7-12-20(26)13-8-17/h3-18,27-28,40-43H,19-26H2,1-2H3;5-15,25-27H,1-4H3. The van der Waals surface area contributed by atoms with Gasteiger partial charge in [-0.1, -0.05) is 126 Å². The Morgan fingerprint density at radius 3 is 0.886 bits per heavy atom. The average molecular weight is 939 g/mol.